The summed E-state index contributed by atoms with van der Waals surface area (Å²) in [7, 11) is 0. The molecule has 2 aromatic heterocycles. The molecule has 6 heteroatoms. The lowest BCUT2D eigenvalue weighted by Crippen LogP contribution is -2.46. The Morgan fingerprint density at radius 3 is 2.77 bits per heavy atom. The lowest BCUT2D eigenvalue weighted by molar-refractivity contribution is 0.0696. The summed E-state index contributed by atoms with van der Waals surface area (Å²) in [6.07, 6.45) is 4.61. The third kappa shape index (κ3) is 3.55. The van der Waals surface area contributed by atoms with Gasteiger partial charge >= 0.3 is 5.97 Å². The van der Waals surface area contributed by atoms with Crippen LogP contribution in [0.4, 0.5) is 0 Å². The average Bonchev–Trinajstić information content (AvgIpc) is 2.75. The molecule has 1 saturated heterocycles. The van der Waals surface area contributed by atoms with E-state index in [9.17, 15) is 14.7 Å². The molecule has 0 spiro atoms. The first-order valence-corrected chi connectivity index (χ1v) is 10.3. The average molecular weight is 401 g/mol. The van der Waals surface area contributed by atoms with Crippen molar-refractivity contribution >= 4 is 5.97 Å². The van der Waals surface area contributed by atoms with Gasteiger partial charge < -0.3 is 9.67 Å². The predicted molar refractivity (Wildman–Crippen MR) is 113 cm³/mol. The minimum Gasteiger partial charge on any atom is -0.478 e. The summed E-state index contributed by atoms with van der Waals surface area (Å²) in [5, 5.41) is 9.25. The van der Waals surface area contributed by atoms with E-state index in [1.54, 1.807) is 36.7 Å². The molecule has 152 valence electrons. The van der Waals surface area contributed by atoms with Crippen molar-refractivity contribution < 1.29 is 9.90 Å². The van der Waals surface area contributed by atoms with Crippen LogP contribution in [0, 0.1) is 5.92 Å². The van der Waals surface area contributed by atoms with Gasteiger partial charge in [-0.25, -0.2) is 4.79 Å². The fourth-order valence-corrected chi connectivity index (χ4v) is 4.95. The number of aromatic carboxylic acids is 1. The molecule has 2 aliphatic heterocycles. The Hall–Kier alpha value is -3.25. The van der Waals surface area contributed by atoms with Crippen molar-refractivity contribution in [3.05, 3.63) is 88.1 Å². The van der Waals surface area contributed by atoms with Gasteiger partial charge in [-0.1, -0.05) is 18.2 Å². The Bertz CT molecular complexity index is 1160. The second-order valence-corrected chi connectivity index (χ2v) is 8.36. The summed E-state index contributed by atoms with van der Waals surface area (Å²) in [4.78, 5) is 30.7. The smallest absolute Gasteiger partial charge is 0.335 e. The molecule has 30 heavy (non-hydrogen) atoms. The van der Waals surface area contributed by atoms with E-state index >= 15 is 0 Å². The normalized spacial score (nSPS) is 20.5. The molecule has 0 unspecified atom stereocenters. The predicted octanol–water partition coefficient (Wildman–Crippen LogP) is 3.23. The van der Waals surface area contributed by atoms with E-state index in [0.29, 0.717) is 17.4 Å². The molecule has 2 aliphatic rings. The van der Waals surface area contributed by atoms with Crippen LogP contribution < -0.4 is 5.56 Å². The monoisotopic (exact) mass is 401 g/mol. The third-order valence-electron chi connectivity index (χ3n) is 6.21. The number of nitrogens with zero attached hydrogens (tertiary/aromatic N) is 3. The molecule has 4 heterocycles. The van der Waals surface area contributed by atoms with Crippen LogP contribution in [0.3, 0.4) is 0 Å². The molecule has 3 aromatic rings. The topological polar surface area (TPSA) is 75.4 Å². The number of pyridine rings is 2. The van der Waals surface area contributed by atoms with E-state index in [-0.39, 0.29) is 5.56 Å². The third-order valence-corrected chi connectivity index (χ3v) is 6.21. The zero-order valence-electron chi connectivity index (χ0n) is 16.6. The summed E-state index contributed by atoms with van der Waals surface area (Å²) in [5.41, 5.74) is 4.37. The number of carboxylic acids is 1. The summed E-state index contributed by atoms with van der Waals surface area (Å²) < 4.78 is 1.95. The second kappa shape index (κ2) is 7.54. The van der Waals surface area contributed by atoms with Crippen molar-refractivity contribution in [2.24, 2.45) is 5.92 Å². The van der Waals surface area contributed by atoms with Crippen LogP contribution in [0.25, 0.3) is 11.1 Å². The van der Waals surface area contributed by atoms with E-state index < -0.39 is 5.97 Å². The number of carboxylic acid groups (broad SMARTS) is 1. The maximum atomic E-state index is 12.8. The van der Waals surface area contributed by atoms with E-state index in [1.807, 2.05) is 22.8 Å². The standard InChI is InChI=1S/C24H23N3O3/c28-23-10-20(19-5-2-6-25-11-19)9-22-21-8-17(14-27(22)23)13-26(15-21)12-16-3-1-4-18(7-16)24(29)30/h1-7,9-11,17,21H,8,12-15H2,(H,29,30)/t17-,21+/m0/s1. The highest BCUT2D eigenvalue weighted by molar-refractivity contribution is 5.87. The van der Waals surface area contributed by atoms with Gasteiger partial charge in [0.05, 0.1) is 5.56 Å². The Morgan fingerprint density at radius 1 is 1.07 bits per heavy atom. The quantitative estimate of drug-likeness (QED) is 0.727. The van der Waals surface area contributed by atoms with Crippen molar-refractivity contribution in [2.45, 2.75) is 25.4 Å². The lowest BCUT2D eigenvalue weighted by atomic mass is 9.82. The van der Waals surface area contributed by atoms with Gasteiger partial charge in [0, 0.05) is 61.8 Å². The summed E-state index contributed by atoms with van der Waals surface area (Å²) in [6, 6.07) is 14.9. The Morgan fingerprint density at radius 2 is 1.97 bits per heavy atom. The van der Waals surface area contributed by atoms with Gasteiger partial charge in [-0.2, -0.15) is 0 Å². The van der Waals surface area contributed by atoms with Crippen LogP contribution in [0.2, 0.25) is 0 Å². The van der Waals surface area contributed by atoms with Crippen molar-refractivity contribution in [1.82, 2.24) is 14.5 Å². The molecule has 0 aliphatic carbocycles. The van der Waals surface area contributed by atoms with Crippen LogP contribution >= 0.6 is 0 Å². The van der Waals surface area contributed by atoms with Gasteiger partial charge in [-0.3, -0.25) is 14.7 Å². The van der Waals surface area contributed by atoms with Gasteiger partial charge in [0.1, 0.15) is 0 Å². The van der Waals surface area contributed by atoms with E-state index in [0.717, 1.165) is 55.0 Å². The molecular weight excluding hydrogens is 378 g/mol. The molecule has 1 fully saturated rings. The van der Waals surface area contributed by atoms with E-state index in [2.05, 4.69) is 16.0 Å². The molecular formula is C24H23N3O3. The van der Waals surface area contributed by atoms with E-state index in [4.69, 9.17) is 0 Å². The molecule has 2 atom stereocenters. The van der Waals surface area contributed by atoms with Crippen molar-refractivity contribution in [2.75, 3.05) is 13.1 Å². The van der Waals surface area contributed by atoms with Gasteiger partial charge in [-0.05, 0) is 47.7 Å². The Labute approximate surface area is 174 Å². The highest BCUT2D eigenvalue weighted by atomic mass is 16.4. The number of hydrogen-bond donors (Lipinski definition) is 1. The minimum atomic E-state index is -0.899. The highest BCUT2D eigenvalue weighted by Crippen LogP contribution is 2.37. The van der Waals surface area contributed by atoms with Gasteiger partial charge in [0.2, 0.25) is 0 Å². The first-order valence-electron chi connectivity index (χ1n) is 10.3. The summed E-state index contributed by atoms with van der Waals surface area (Å²) >= 11 is 0. The minimum absolute atomic E-state index is 0.0589. The number of rotatable bonds is 4. The number of benzene rings is 1. The maximum absolute atomic E-state index is 12.8. The van der Waals surface area contributed by atoms with Crippen LogP contribution in [-0.2, 0) is 13.1 Å². The lowest BCUT2D eigenvalue weighted by Gasteiger charge is -2.43. The number of piperidine rings is 1. The number of carbonyl (C=O) groups is 1. The molecule has 0 amide bonds. The zero-order chi connectivity index (χ0) is 20.7. The van der Waals surface area contributed by atoms with Gasteiger partial charge in [0.15, 0.2) is 0 Å². The molecule has 0 saturated carbocycles. The fourth-order valence-electron chi connectivity index (χ4n) is 4.95. The second-order valence-electron chi connectivity index (χ2n) is 8.36. The first-order chi connectivity index (χ1) is 14.6. The molecule has 6 nitrogen and oxygen atoms in total. The Balaban J connectivity index is 1.42. The van der Waals surface area contributed by atoms with Gasteiger partial charge in [0.25, 0.3) is 5.56 Å². The van der Waals surface area contributed by atoms with Crippen LogP contribution in [0.15, 0.2) is 65.7 Å². The number of hydrogen-bond acceptors (Lipinski definition) is 4. The zero-order valence-corrected chi connectivity index (χ0v) is 16.6. The maximum Gasteiger partial charge on any atom is 0.335 e. The van der Waals surface area contributed by atoms with Crippen molar-refractivity contribution in [1.29, 1.82) is 0 Å². The van der Waals surface area contributed by atoms with Crippen LogP contribution in [0.1, 0.15) is 34.0 Å². The highest BCUT2D eigenvalue weighted by Gasteiger charge is 2.34. The van der Waals surface area contributed by atoms with E-state index in [1.165, 1.54) is 0 Å². The van der Waals surface area contributed by atoms with Crippen molar-refractivity contribution in [3.63, 3.8) is 0 Å². The molecule has 0 radical (unpaired) electrons. The molecule has 5 rings (SSSR count). The molecule has 1 aromatic carbocycles. The number of likely N-dealkylation sites (tertiary alicyclic amines) is 1. The first kappa shape index (κ1) is 18.8. The molecule has 1 N–H and O–H groups in total. The summed E-state index contributed by atoms with van der Waals surface area (Å²) in [6.45, 7) is 3.25. The molecule has 2 bridgehead atoms. The van der Waals surface area contributed by atoms with Crippen LogP contribution in [0.5, 0.6) is 0 Å². The fraction of sp³-hybridized carbons (Fsp3) is 0.292. The van der Waals surface area contributed by atoms with Crippen molar-refractivity contribution in [3.8, 4) is 11.1 Å². The number of aromatic nitrogens is 2. The number of fused-ring (bicyclic) bond motifs is 4. The van der Waals surface area contributed by atoms with Crippen LogP contribution in [-0.4, -0.2) is 38.6 Å². The Kier molecular flexibility index (Phi) is 4.71. The van der Waals surface area contributed by atoms with Gasteiger partial charge in [-0.15, -0.1) is 0 Å². The summed E-state index contributed by atoms with van der Waals surface area (Å²) in [5.74, 6) is -0.172. The SMILES string of the molecule is O=C(O)c1cccc(CN2C[C@@H]3C[C@H](C2)c2cc(-c4cccnc4)cc(=O)n2C3)c1. The largest absolute Gasteiger partial charge is 0.478 e.